The minimum atomic E-state index is -0.855. The summed E-state index contributed by atoms with van der Waals surface area (Å²) >= 11 is 3.39. The van der Waals surface area contributed by atoms with Gasteiger partial charge in [-0.05, 0) is 47.8 Å². The van der Waals surface area contributed by atoms with E-state index in [9.17, 15) is 9.90 Å². The number of rotatable bonds is 4. The van der Waals surface area contributed by atoms with E-state index >= 15 is 0 Å². The Morgan fingerprint density at radius 3 is 2.76 bits per heavy atom. The summed E-state index contributed by atoms with van der Waals surface area (Å²) < 4.78 is 0.800. The summed E-state index contributed by atoms with van der Waals surface area (Å²) in [5, 5.41) is 12.6. The van der Waals surface area contributed by atoms with E-state index in [1.165, 1.54) is 0 Å². The molecule has 2 N–H and O–H groups in total. The highest BCUT2D eigenvalue weighted by Gasteiger charge is 2.19. The van der Waals surface area contributed by atoms with Gasteiger partial charge in [-0.25, -0.2) is 0 Å². The van der Waals surface area contributed by atoms with Gasteiger partial charge in [-0.3, -0.25) is 4.79 Å². The Labute approximate surface area is 110 Å². The third-order valence-corrected chi connectivity index (χ3v) is 3.88. The average molecular weight is 300 g/mol. The zero-order valence-corrected chi connectivity index (χ0v) is 12.0. The van der Waals surface area contributed by atoms with E-state index in [1.807, 2.05) is 26.0 Å². The lowest BCUT2D eigenvalue weighted by Gasteiger charge is -2.21. The van der Waals surface area contributed by atoms with E-state index in [2.05, 4.69) is 21.2 Å². The summed E-state index contributed by atoms with van der Waals surface area (Å²) in [7, 11) is 0. The van der Waals surface area contributed by atoms with Crippen molar-refractivity contribution in [1.82, 2.24) is 5.32 Å². The summed E-state index contributed by atoms with van der Waals surface area (Å²) in [6.07, 6.45) is 0.599. The van der Waals surface area contributed by atoms with Crippen LogP contribution in [0, 0.1) is 6.92 Å². The zero-order valence-electron chi connectivity index (χ0n) is 10.4. The molecule has 0 aromatic heterocycles. The van der Waals surface area contributed by atoms with E-state index in [0.717, 1.165) is 10.0 Å². The van der Waals surface area contributed by atoms with Gasteiger partial charge in [0.25, 0.3) is 5.91 Å². The predicted octanol–water partition coefficient (Wildman–Crippen LogP) is 2.65. The second-order valence-electron chi connectivity index (χ2n) is 4.47. The van der Waals surface area contributed by atoms with E-state index in [-0.39, 0.29) is 12.5 Å². The maximum absolute atomic E-state index is 11.9. The second-order valence-corrected chi connectivity index (χ2v) is 5.26. The van der Waals surface area contributed by atoms with Crippen LogP contribution in [-0.4, -0.2) is 23.2 Å². The molecule has 3 nitrogen and oxygen atoms in total. The number of halogens is 1. The van der Waals surface area contributed by atoms with E-state index in [1.54, 1.807) is 13.0 Å². The maximum atomic E-state index is 11.9. The number of carbonyl (C=O) groups excluding carboxylic acids is 1. The predicted molar refractivity (Wildman–Crippen MR) is 72.1 cm³/mol. The van der Waals surface area contributed by atoms with Crippen LogP contribution in [0.3, 0.4) is 0 Å². The molecule has 1 atom stereocenters. The Balaban J connectivity index is 2.74. The molecule has 94 valence electrons. The summed E-state index contributed by atoms with van der Waals surface area (Å²) in [5.41, 5.74) is 0.753. The third kappa shape index (κ3) is 3.82. The molecule has 17 heavy (non-hydrogen) atoms. The van der Waals surface area contributed by atoms with Gasteiger partial charge < -0.3 is 10.4 Å². The normalized spacial score (nSPS) is 14.2. The SMILES string of the molecule is CCC(C)(O)CNC(=O)c1cccc(C)c1Br. The number of hydrogen-bond acceptors (Lipinski definition) is 2. The lowest BCUT2D eigenvalue weighted by Crippen LogP contribution is -2.40. The first-order valence-corrected chi connectivity index (χ1v) is 6.42. The minimum absolute atomic E-state index is 0.172. The molecule has 0 bridgehead atoms. The van der Waals surface area contributed by atoms with Gasteiger partial charge in [0, 0.05) is 11.0 Å². The van der Waals surface area contributed by atoms with E-state index in [0.29, 0.717) is 12.0 Å². The highest BCUT2D eigenvalue weighted by atomic mass is 79.9. The standard InChI is InChI=1S/C13H18BrNO2/c1-4-13(3,17)8-15-12(16)10-7-5-6-9(2)11(10)14/h5-7,17H,4,8H2,1-3H3,(H,15,16). The smallest absolute Gasteiger partial charge is 0.252 e. The number of amides is 1. The summed E-state index contributed by atoms with van der Waals surface area (Å²) in [6.45, 7) is 5.78. The summed E-state index contributed by atoms with van der Waals surface area (Å²) in [4.78, 5) is 11.9. The van der Waals surface area contributed by atoms with Crippen LogP contribution in [0.15, 0.2) is 22.7 Å². The first-order valence-electron chi connectivity index (χ1n) is 5.63. The van der Waals surface area contributed by atoms with Crippen molar-refractivity contribution < 1.29 is 9.90 Å². The number of aryl methyl sites for hydroxylation is 1. The van der Waals surface area contributed by atoms with Crippen molar-refractivity contribution in [1.29, 1.82) is 0 Å². The molecule has 0 fully saturated rings. The van der Waals surface area contributed by atoms with Gasteiger partial charge >= 0.3 is 0 Å². The van der Waals surface area contributed by atoms with Crippen LogP contribution in [0.4, 0.5) is 0 Å². The topological polar surface area (TPSA) is 49.3 Å². The van der Waals surface area contributed by atoms with Crippen molar-refractivity contribution in [3.05, 3.63) is 33.8 Å². The van der Waals surface area contributed by atoms with Crippen molar-refractivity contribution >= 4 is 21.8 Å². The molecule has 0 aliphatic carbocycles. The van der Waals surface area contributed by atoms with Gasteiger partial charge in [-0.1, -0.05) is 19.1 Å². The molecule has 1 aromatic carbocycles. The zero-order chi connectivity index (χ0) is 13.1. The molecule has 0 saturated carbocycles. The molecule has 0 radical (unpaired) electrons. The van der Waals surface area contributed by atoms with Gasteiger partial charge in [-0.15, -0.1) is 0 Å². The number of carbonyl (C=O) groups is 1. The minimum Gasteiger partial charge on any atom is -0.388 e. The Morgan fingerprint density at radius 1 is 1.53 bits per heavy atom. The van der Waals surface area contributed by atoms with Crippen LogP contribution in [0.5, 0.6) is 0 Å². The number of hydrogen-bond donors (Lipinski definition) is 2. The van der Waals surface area contributed by atoms with Crippen LogP contribution in [0.1, 0.15) is 36.2 Å². The van der Waals surface area contributed by atoms with Gasteiger partial charge in [0.15, 0.2) is 0 Å². The van der Waals surface area contributed by atoms with Gasteiger partial charge in [0.1, 0.15) is 0 Å². The van der Waals surface area contributed by atoms with Gasteiger partial charge in [0.05, 0.1) is 11.2 Å². The molecule has 1 rings (SSSR count). The lowest BCUT2D eigenvalue weighted by atomic mass is 10.0. The van der Waals surface area contributed by atoms with Crippen LogP contribution in [-0.2, 0) is 0 Å². The molecule has 0 aliphatic rings. The average Bonchev–Trinajstić information content (AvgIpc) is 2.30. The van der Waals surface area contributed by atoms with Gasteiger partial charge in [-0.2, -0.15) is 0 Å². The van der Waals surface area contributed by atoms with E-state index in [4.69, 9.17) is 0 Å². The molecule has 1 amide bonds. The van der Waals surface area contributed by atoms with Crippen molar-refractivity contribution in [3.8, 4) is 0 Å². The highest BCUT2D eigenvalue weighted by molar-refractivity contribution is 9.10. The highest BCUT2D eigenvalue weighted by Crippen LogP contribution is 2.21. The first-order chi connectivity index (χ1) is 7.87. The fourth-order valence-corrected chi connectivity index (χ4v) is 1.76. The summed E-state index contributed by atoms with van der Waals surface area (Å²) in [5.74, 6) is -0.172. The van der Waals surface area contributed by atoms with Crippen molar-refractivity contribution in [3.63, 3.8) is 0 Å². The number of benzene rings is 1. The van der Waals surface area contributed by atoms with Crippen molar-refractivity contribution in [2.24, 2.45) is 0 Å². The van der Waals surface area contributed by atoms with Crippen LogP contribution in [0.25, 0.3) is 0 Å². The summed E-state index contributed by atoms with van der Waals surface area (Å²) in [6, 6.07) is 5.53. The van der Waals surface area contributed by atoms with Crippen LogP contribution >= 0.6 is 15.9 Å². The maximum Gasteiger partial charge on any atom is 0.252 e. The fraction of sp³-hybridized carbons (Fsp3) is 0.462. The number of nitrogens with one attached hydrogen (secondary N) is 1. The second kappa shape index (κ2) is 5.65. The Morgan fingerprint density at radius 2 is 2.18 bits per heavy atom. The molecule has 1 unspecified atom stereocenters. The van der Waals surface area contributed by atoms with Gasteiger partial charge in [0.2, 0.25) is 0 Å². The molecule has 0 aliphatic heterocycles. The molecule has 0 spiro atoms. The monoisotopic (exact) mass is 299 g/mol. The lowest BCUT2D eigenvalue weighted by molar-refractivity contribution is 0.0518. The molecular weight excluding hydrogens is 282 g/mol. The molecule has 0 saturated heterocycles. The van der Waals surface area contributed by atoms with Crippen molar-refractivity contribution in [2.75, 3.05) is 6.54 Å². The van der Waals surface area contributed by atoms with Crippen LogP contribution < -0.4 is 5.32 Å². The Bertz CT molecular complexity index is 416. The quantitative estimate of drug-likeness (QED) is 0.898. The Kier molecular flexibility index (Phi) is 4.71. The van der Waals surface area contributed by atoms with Crippen molar-refractivity contribution in [2.45, 2.75) is 32.8 Å². The molecule has 0 heterocycles. The van der Waals surface area contributed by atoms with Crippen LogP contribution in [0.2, 0.25) is 0 Å². The Hall–Kier alpha value is -0.870. The first kappa shape index (κ1) is 14.2. The molecular formula is C13H18BrNO2. The number of aliphatic hydroxyl groups is 1. The molecule has 1 aromatic rings. The fourth-order valence-electron chi connectivity index (χ4n) is 1.31. The third-order valence-electron chi connectivity index (χ3n) is 2.83. The van der Waals surface area contributed by atoms with E-state index < -0.39 is 5.60 Å². The molecule has 4 heteroatoms. The largest absolute Gasteiger partial charge is 0.388 e.